The number of rotatable bonds is 15. The summed E-state index contributed by atoms with van der Waals surface area (Å²) >= 11 is 0. The van der Waals surface area contributed by atoms with Crippen molar-refractivity contribution in [1.29, 1.82) is 0 Å². The predicted octanol–water partition coefficient (Wildman–Crippen LogP) is 4.58. The third kappa shape index (κ3) is 11.2. The second kappa shape index (κ2) is 14.9. The van der Waals surface area contributed by atoms with Crippen molar-refractivity contribution in [3.8, 4) is 0 Å². The zero-order valence-corrected chi connectivity index (χ0v) is 22.1. The van der Waals surface area contributed by atoms with E-state index >= 15 is 0 Å². The molecule has 0 fully saturated rings. The van der Waals surface area contributed by atoms with Gasteiger partial charge in [-0.25, -0.2) is 0 Å². The van der Waals surface area contributed by atoms with Crippen LogP contribution in [-0.4, -0.2) is 44.5 Å². The van der Waals surface area contributed by atoms with Gasteiger partial charge in [-0.2, -0.15) is 0 Å². The highest BCUT2D eigenvalue weighted by molar-refractivity contribution is 5.08. The molecular weight excluding hydrogens is 414 g/mol. The summed E-state index contributed by atoms with van der Waals surface area (Å²) < 4.78 is 0. The van der Waals surface area contributed by atoms with E-state index in [4.69, 9.17) is 5.73 Å². The van der Waals surface area contributed by atoms with E-state index in [1.54, 1.807) is 31.2 Å². The zero-order valence-electron chi connectivity index (χ0n) is 22.1. The first-order valence-electron chi connectivity index (χ1n) is 12.3. The van der Waals surface area contributed by atoms with Gasteiger partial charge in [0.25, 0.3) is 0 Å². The second-order valence-electron chi connectivity index (χ2n) is 10.6. The number of hydrogen-bond acceptors (Lipinski definition) is 5. The van der Waals surface area contributed by atoms with Gasteiger partial charge in [0.2, 0.25) is 0 Å². The number of hydrogen-bond donors (Lipinski definition) is 5. The Morgan fingerprint density at radius 2 is 1.48 bits per heavy atom. The number of aliphatic hydroxyl groups is 4. The molecule has 5 heteroatoms. The van der Waals surface area contributed by atoms with Crippen molar-refractivity contribution in [2.75, 3.05) is 0 Å². The van der Waals surface area contributed by atoms with Crippen LogP contribution in [0.5, 0.6) is 0 Å². The minimum absolute atomic E-state index is 0.0795. The van der Waals surface area contributed by atoms with Crippen molar-refractivity contribution in [1.82, 2.24) is 0 Å². The molecule has 0 heterocycles. The zero-order chi connectivity index (χ0) is 25.9. The fourth-order valence-corrected chi connectivity index (χ4v) is 4.28. The van der Waals surface area contributed by atoms with Crippen molar-refractivity contribution in [2.24, 2.45) is 41.2 Å². The summed E-state index contributed by atoms with van der Waals surface area (Å²) in [5.41, 5.74) is 5.70. The highest BCUT2D eigenvalue weighted by Crippen LogP contribution is 2.31. The fourth-order valence-electron chi connectivity index (χ4n) is 4.28. The molecular formula is C28H51NO4. The quantitative estimate of drug-likeness (QED) is 0.138. The molecule has 0 saturated heterocycles. The Kier molecular flexibility index (Phi) is 14.3. The molecule has 0 rings (SSSR count). The molecule has 0 radical (unpaired) electrons. The third-order valence-electron chi connectivity index (χ3n) is 6.71. The summed E-state index contributed by atoms with van der Waals surface area (Å²) in [6, 6.07) is 0. The number of nitrogens with two attached hydrogens (primary N) is 1. The van der Waals surface area contributed by atoms with Gasteiger partial charge < -0.3 is 26.2 Å². The van der Waals surface area contributed by atoms with E-state index in [2.05, 4.69) is 20.4 Å². The first-order valence-corrected chi connectivity index (χ1v) is 12.3. The number of aliphatic hydroxyl groups excluding tert-OH is 3. The number of allylic oxidation sites excluding steroid dienone is 3. The van der Waals surface area contributed by atoms with Crippen molar-refractivity contribution in [3.05, 3.63) is 48.6 Å². The predicted molar refractivity (Wildman–Crippen MR) is 139 cm³/mol. The van der Waals surface area contributed by atoms with Crippen LogP contribution in [0.25, 0.3) is 0 Å². The normalized spacial score (nSPS) is 22.5. The topological polar surface area (TPSA) is 107 Å². The summed E-state index contributed by atoms with van der Waals surface area (Å²) in [6.07, 6.45) is 10.3. The molecule has 192 valence electrons. The molecule has 9 atom stereocenters. The lowest BCUT2D eigenvalue weighted by molar-refractivity contribution is -0.0960. The Labute approximate surface area is 202 Å². The standard InChI is InChI=1S/C28H51NO4/c1-10-11-12-23(8)28(29,33)24(9)27(32)22(7)17-19(4)16-21(6)26(31)20(5)13-14-25(30)15-18(2)3/h10-14,16,18,20-27,30-33H,1,15,17,29H2,2-9H3/b12-11+,14-13+,19-16+. The van der Waals surface area contributed by atoms with Crippen LogP contribution in [0.1, 0.15) is 68.2 Å². The Balaban J connectivity index is 5.05. The van der Waals surface area contributed by atoms with Crippen molar-refractivity contribution in [2.45, 2.75) is 92.3 Å². The van der Waals surface area contributed by atoms with E-state index < -0.39 is 30.0 Å². The molecule has 0 amide bonds. The molecule has 9 unspecified atom stereocenters. The molecule has 0 aromatic heterocycles. The van der Waals surface area contributed by atoms with Crippen LogP contribution in [0.4, 0.5) is 0 Å². The van der Waals surface area contributed by atoms with Crippen molar-refractivity contribution < 1.29 is 20.4 Å². The molecule has 0 aliphatic heterocycles. The van der Waals surface area contributed by atoms with Crippen molar-refractivity contribution in [3.63, 3.8) is 0 Å². The SMILES string of the molecule is C=C/C=C/C(C)C(N)(O)C(C)C(O)C(C)C/C(C)=C/C(C)C(O)C(C)/C=C/C(O)CC(C)C. The van der Waals surface area contributed by atoms with Gasteiger partial charge in [0.1, 0.15) is 5.72 Å². The van der Waals surface area contributed by atoms with E-state index in [9.17, 15) is 20.4 Å². The molecule has 0 aliphatic rings. The first kappa shape index (κ1) is 31.8. The van der Waals surface area contributed by atoms with Crippen LogP contribution in [0.15, 0.2) is 48.6 Å². The Bertz CT molecular complexity index is 652. The van der Waals surface area contributed by atoms with Gasteiger partial charge in [-0.3, -0.25) is 0 Å². The first-order chi connectivity index (χ1) is 15.1. The summed E-state index contributed by atoms with van der Waals surface area (Å²) in [5, 5.41) is 42.4. The summed E-state index contributed by atoms with van der Waals surface area (Å²) in [6.45, 7) is 19.2. The molecule has 0 aliphatic carbocycles. The Morgan fingerprint density at radius 1 is 0.909 bits per heavy atom. The van der Waals surface area contributed by atoms with E-state index in [0.29, 0.717) is 18.8 Å². The van der Waals surface area contributed by atoms with Crippen LogP contribution in [0.2, 0.25) is 0 Å². The highest BCUT2D eigenvalue weighted by Gasteiger charge is 2.39. The average Bonchev–Trinajstić information content (AvgIpc) is 2.72. The van der Waals surface area contributed by atoms with Crippen LogP contribution >= 0.6 is 0 Å². The Morgan fingerprint density at radius 3 is 2.00 bits per heavy atom. The summed E-state index contributed by atoms with van der Waals surface area (Å²) in [5.74, 6) is -0.746. The summed E-state index contributed by atoms with van der Waals surface area (Å²) in [7, 11) is 0. The van der Waals surface area contributed by atoms with E-state index in [1.807, 2.05) is 46.8 Å². The largest absolute Gasteiger partial charge is 0.392 e. The van der Waals surface area contributed by atoms with E-state index in [-0.39, 0.29) is 23.7 Å². The molecule has 0 aromatic rings. The monoisotopic (exact) mass is 465 g/mol. The second-order valence-corrected chi connectivity index (χ2v) is 10.6. The van der Waals surface area contributed by atoms with Gasteiger partial charge in [-0.15, -0.1) is 0 Å². The maximum Gasteiger partial charge on any atom is 0.124 e. The maximum absolute atomic E-state index is 10.9. The molecule has 5 nitrogen and oxygen atoms in total. The lowest BCUT2D eigenvalue weighted by Crippen LogP contribution is -2.55. The Hall–Kier alpha value is -1.24. The van der Waals surface area contributed by atoms with Gasteiger partial charge in [-0.05, 0) is 31.6 Å². The molecule has 0 saturated carbocycles. The fraction of sp³-hybridized carbons (Fsp3) is 0.714. The van der Waals surface area contributed by atoms with Gasteiger partial charge in [0.05, 0.1) is 18.3 Å². The average molecular weight is 466 g/mol. The van der Waals surface area contributed by atoms with Crippen molar-refractivity contribution >= 4 is 0 Å². The third-order valence-corrected chi connectivity index (χ3v) is 6.71. The lowest BCUT2D eigenvalue weighted by atomic mass is 9.78. The maximum atomic E-state index is 10.9. The van der Waals surface area contributed by atoms with Gasteiger partial charge >= 0.3 is 0 Å². The van der Waals surface area contributed by atoms with Crippen LogP contribution in [-0.2, 0) is 0 Å². The highest BCUT2D eigenvalue weighted by atomic mass is 16.3. The summed E-state index contributed by atoms with van der Waals surface area (Å²) in [4.78, 5) is 0. The minimum Gasteiger partial charge on any atom is -0.392 e. The van der Waals surface area contributed by atoms with Gasteiger partial charge in [0.15, 0.2) is 0 Å². The smallest absolute Gasteiger partial charge is 0.124 e. The van der Waals surface area contributed by atoms with Gasteiger partial charge in [0, 0.05) is 23.7 Å². The molecule has 6 N–H and O–H groups in total. The minimum atomic E-state index is -1.55. The van der Waals surface area contributed by atoms with Gasteiger partial charge in [-0.1, -0.05) is 97.1 Å². The molecule has 0 spiro atoms. The molecule has 33 heavy (non-hydrogen) atoms. The molecule has 0 aromatic carbocycles. The van der Waals surface area contributed by atoms with Crippen LogP contribution < -0.4 is 5.73 Å². The van der Waals surface area contributed by atoms with E-state index in [1.165, 1.54) is 0 Å². The van der Waals surface area contributed by atoms with Crippen LogP contribution in [0.3, 0.4) is 0 Å². The molecule has 0 bridgehead atoms. The van der Waals surface area contributed by atoms with Crippen LogP contribution in [0, 0.1) is 35.5 Å². The van der Waals surface area contributed by atoms with E-state index in [0.717, 1.165) is 5.57 Å². The lowest BCUT2D eigenvalue weighted by Gasteiger charge is -2.39.